The molecule has 0 fully saturated rings. The number of hydrogen-bond donors (Lipinski definition) is 1. The smallest absolute Gasteiger partial charge is 0.141 e. The van der Waals surface area contributed by atoms with Crippen molar-refractivity contribution in [3.05, 3.63) is 104 Å². The number of aromatic amines is 1. The highest BCUT2D eigenvalue weighted by molar-refractivity contribution is 7.01. The summed E-state index contributed by atoms with van der Waals surface area (Å²) in [5.74, 6) is 0.888. The number of benzene rings is 3. The van der Waals surface area contributed by atoms with E-state index in [4.69, 9.17) is 4.98 Å². The normalized spacial score (nSPS) is 11.9. The van der Waals surface area contributed by atoms with Crippen molar-refractivity contribution in [1.82, 2.24) is 19.5 Å². The van der Waals surface area contributed by atoms with Crippen LogP contribution in [0.25, 0.3) is 38.9 Å². The van der Waals surface area contributed by atoms with Gasteiger partial charge in [0.05, 0.1) is 11.0 Å². The van der Waals surface area contributed by atoms with Gasteiger partial charge in [-0.15, -0.1) is 0 Å². The number of hydrogen-bond acceptors (Lipinski definition) is 2. The van der Waals surface area contributed by atoms with E-state index in [1.165, 1.54) is 70.1 Å². The van der Waals surface area contributed by atoms with Crippen LogP contribution >= 0.6 is 0 Å². The van der Waals surface area contributed by atoms with E-state index in [9.17, 15) is 0 Å². The molecular formula is C34H36N4Si. The molecule has 0 saturated heterocycles. The predicted molar refractivity (Wildman–Crippen MR) is 167 cm³/mol. The number of para-hydroxylation sites is 1. The largest absolute Gasteiger partial charge is 0.345 e. The van der Waals surface area contributed by atoms with E-state index < -0.39 is 8.07 Å². The maximum Gasteiger partial charge on any atom is 0.141 e. The lowest BCUT2D eigenvalue weighted by Crippen LogP contribution is -2.59. The molecule has 6 rings (SSSR count). The third-order valence-corrected chi connectivity index (χ3v) is 13.3. The summed E-state index contributed by atoms with van der Waals surface area (Å²) in [5.41, 5.74) is 4.74. The number of imidazole rings is 1. The molecule has 196 valence electrons. The Morgan fingerprint density at radius 3 is 2.26 bits per heavy atom. The molecule has 0 amide bonds. The van der Waals surface area contributed by atoms with E-state index in [2.05, 4.69) is 113 Å². The fraction of sp³-hybridized carbons (Fsp3) is 0.235. The number of unbranched alkanes of at least 4 members (excludes halogenated alkanes) is 2. The molecule has 3 aromatic heterocycles. The van der Waals surface area contributed by atoms with Crippen molar-refractivity contribution < 1.29 is 0 Å². The third kappa shape index (κ3) is 4.61. The van der Waals surface area contributed by atoms with Gasteiger partial charge in [0.2, 0.25) is 0 Å². The van der Waals surface area contributed by atoms with Gasteiger partial charge < -0.3 is 9.55 Å². The van der Waals surface area contributed by atoms with Crippen molar-refractivity contribution >= 4 is 40.4 Å². The number of nitrogens with one attached hydrogen (secondary N) is 1. The van der Waals surface area contributed by atoms with Crippen LogP contribution in [0.3, 0.4) is 0 Å². The van der Waals surface area contributed by atoms with Crippen LogP contribution in [0.4, 0.5) is 0 Å². The van der Waals surface area contributed by atoms with Crippen molar-refractivity contribution in [2.45, 2.75) is 51.6 Å². The van der Waals surface area contributed by atoms with Gasteiger partial charge in [0.25, 0.3) is 0 Å². The lowest BCUT2D eigenvalue weighted by Gasteiger charge is -2.32. The molecule has 0 aliphatic rings. The monoisotopic (exact) mass is 528 g/mol. The maximum atomic E-state index is 5.02. The Morgan fingerprint density at radius 2 is 1.51 bits per heavy atom. The first-order chi connectivity index (χ1) is 19.2. The second kappa shape index (κ2) is 11.0. The second-order valence-corrected chi connectivity index (χ2v) is 14.8. The summed E-state index contributed by atoms with van der Waals surface area (Å²) >= 11 is 0. The van der Waals surface area contributed by atoms with E-state index in [1.54, 1.807) is 0 Å². The van der Waals surface area contributed by atoms with Crippen LogP contribution < -0.4 is 10.5 Å². The third-order valence-electron chi connectivity index (χ3n) is 8.17. The first-order valence-corrected chi connectivity index (χ1v) is 16.7. The highest BCUT2D eigenvalue weighted by atomic mass is 28.3. The molecule has 3 heterocycles. The van der Waals surface area contributed by atoms with Gasteiger partial charge in [0.15, 0.2) is 0 Å². The minimum atomic E-state index is -2.07. The minimum absolute atomic E-state index is 0.888. The molecule has 4 nitrogen and oxygen atoms in total. The summed E-state index contributed by atoms with van der Waals surface area (Å²) in [7, 11) is -2.07. The van der Waals surface area contributed by atoms with Crippen LogP contribution in [0.15, 0.2) is 104 Å². The second-order valence-electron chi connectivity index (χ2n) is 10.6. The highest BCUT2D eigenvalue weighted by Crippen LogP contribution is 2.34. The zero-order valence-electron chi connectivity index (χ0n) is 22.9. The molecule has 0 aliphatic carbocycles. The molecule has 39 heavy (non-hydrogen) atoms. The summed E-state index contributed by atoms with van der Waals surface area (Å²) in [6.45, 7) is 4.62. The number of aromatic nitrogens is 4. The Morgan fingerprint density at radius 1 is 0.718 bits per heavy atom. The molecule has 5 heteroatoms. The lowest BCUT2D eigenvalue weighted by atomic mass is 10.1. The fourth-order valence-electron chi connectivity index (χ4n) is 6.18. The molecule has 1 N–H and O–H groups in total. The molecule has 0 unspecified atom stereocenters. The lowest BCUT2D eigenvalue weighted by molar-refractivity contribution is 0.836. The molecular weight excluding hydrogens is 492 g/mol. The van der Waals surface area contributed by atoms with Gasteiger partial charge in [-0.1, -0.05) is 88.1 Å². The van der Waals surface area contributed by atoms with Crippen LogP contribution in [-0.2, 0) is 0 Å². The fourth-order valence-corrected chi connectivity index (χ4v) is 11.3. The highest BCUT2D eigenvalue weighted by Gasteiger charge is 2.38. The summed E-state index contributed by atoms with van der Waals surface area (Å²) in [5, 5.41) is 5.41. The van der Waals surface area contributed by atoms with Crippen molar-refractivity contribution in [1.29, 1.82) is 0 Å². The summed E-state index contributed by atoms with van der Waals surface area (Å²) in [6, 6.07) is 33.8. The number of rotatable bonds is 10. The average molecular weight is 529 g/mol. The molecule has 0 aliphatic heterocycles. The van der Waals surface area contributed by atoms with Gasteiger partial charge in [0.1, 0.15) is 13.9 Å². The van der Waals surface area contributed by atoms with E-state index in [0.717, 1.165) is 17.1 Å². The Balaban J connectivity index is 1.61. The minimum Gasteiger partial charge on any atom is -0.345 e. The number of nitrogens with zero attached hydrogens (tertiary/aromatic N) is 3. The van der Waals surface area contributed by atoms with Gasteiger partial charge >= 0.3 is 0 Å². The first kappa shape index (κ1) is 25.3. The molecule has 3 aromatic carbocycles. The van der Waals surface area contributed by atoms with Crippen LogP contribution in [0.2, 0.25) is 12.1 Å². The van der Waals surface area contributed by atoms with E-state index in [-0.39, 0.29) is 0 Å². The number of fused-ring (bicyclic) bond motifs is 3. The Kier molecular flexibility index (Phi) is 7.16. The maximum absolute atomic E-state index is 5.02. The van der Waals surface area contributed by atoms with Crippen LogP contribution in [0.1, 0.15) is 39.5 Å². The molecule has 0 bridgehead atoms. The van der Waals surface area contributed by atoms with E-state index in [1.807, 2.05) is 18.6 Å². The number of H-pyrrole nitrogens is 1. The van der Waals surface area contributed by atoms with Gasteiger partial charge in [-0.05, 0) is 53.7 Å². The van der Waals surface area contributed by atoms with Gasteiger partial charge in [0, 0.05) is 45.9 Å². The molecule has 6 aromatic rings. The molecule has 0 saturated carbocycles. The van der Waals surface area contributed by atoms with E-state index in [0.29, 0.717) is 0 Å². The zero-order chi connectivity index (χ0) is 26.7. The molecule has 0 radical (unpaired) electrons. The topological polar surface area (TPSA) is 46.5 Å². The van der Waals surface area contributed by atoms with Gasteiger partial charge in [-0.25, -0.2) is 4.98 Å². The van der Waals surface area contributed by atoms with Crippen molar-refractivity contribution in [3.8, 4) is 17.1 Å². The first-order valence-electron chi connectivity index (χ1n) is 14.3. The van der Waals surface area contributed by atoms with Crippen LogP contribution in [0.5, 0.6) is 0 Å². The summed E-state index contributed by atoms with van der Waals surface area (Å²) in [6.07, 6.45) is 10.6. The Labute approximate surface area is 231 Å². The van der Waals surface area contributed by atoms with Crippen molar-refractivity contribution in [2.75, 3.05) is 0 Å². The zero-order valence-corrected chi connectivity index (χ0v) is 23.9. The summed E-state index contributed by atoms with van der Waals surface area (Å²) < 4.78 is 2.44. The molecule has 0 atom stereocenters. The van der Waals surface area contributed by atoms with Crippen molar-refractivity contribution in [2.24, 2.45) is 0 Å². The quantitative estimate of drug-likeness (QED) is 0.185. The van der Waals surface area contributed by atoms with Crippen LogP contribution in [-0.4, -0.2) is 27.6 Å². The van der Waals surface area contributed by atoms with Gasteiger partial charge in [-0.2, -0.15) is 0 Å². The average Bonchev–Trinajstić information content (AvgIpc) is 3.65. The molecule has 0 spiro atoms. The SMILES string of the molecule is CCCC[Si](CCCC)(c1ccc2c3ccccc3n(-c3cccc(-c4ncc[nH]4)c3)c2c1)c1ccccn1. The van der Waals surface area contributed by atoms with Crippen LogP contribution in [0, 0.1) is 0 Å². The Hall–Kier alpha value is -3.96. The predicted octanol–water partition coefficient (Wildman–Crippen LogP) is 7.73. The van der Waals surface area contributed by atoms with Crippen molar-refractivity contribution in [3.63, 3.8) is 0 Å². The summed E-state index contributed by atoms with van der Waals surface area (Å²) in [4.78, 5) is 12.8. The number of pyridine rings is 1. The standard InChI is InChI=1S/C34H36N4Si/c1-3-5-22-39(23-6-4-2,33-16-9-10-19-35-33)28-17-18-30-29-14-7-8-15-31(29)38(32(30)25-28)27-13-11-12-26(24-27)34-36-20-21-37-34/h7-21,24-25H,3-6,22-23H2,1-2H3,(H,36,37). The van der Waals surface area contributed by atoms with E-state index >= 15 is 0 Å². The van der Waals surface area contributed by atoms with Gasteiger partial charge in [-0.3, -0.25) is 4.98 Å². The Bertz CT molecular complexity index is 1680.